The minimum Gasteiger partial charge on any atom is -0.373 e. The molecular formula is C26H33N5O. The van der Waals surface area contributed by atoms with Crippen molar-refractivity contribution >= 4 is 17.3 Å². The molecule has 6 nitrogen and oxygen atoms in total. The van der Waals surface area contributed by atoms with Gasteiger partial charge in [-0.15, -0.1) is 0 Å². The molecule has 3 fully saturated rings. The van der Waals surface area contributed by atoms with Gasteiger partial charge in [0.2, 0.25) is 5.91 Å². The standard InChI is InChI=1S/C26H33N5O/c1-3-10-29-11-4-5-21(17-29)23-14-22(15-27)25(28-24(23)19-6-7-19)30-12-13-31(18(2)16-30)26(32)20-8-9-20/h3,5,10,14,18-20H,4,6-9,11-13,16-17H2,1-2H3/t18-/m1/s1. The van der Waals surface area contributed by atoms with Gasteiger partial charge in [-0.3, -0.25) is 4.79 Å². The number of allylic oxidation sites excluding steroid dienone is 1. The molecule has 2 aliphatic carbocycles. The van der Waals surface area contributed by atoms with Crippen molar-refractivity contribution in [1.29, 1.82) is 5.26 Å². The van der Waals surface area contributed by atoms with Crippen LogP contribution in [0.3, 0.4) is 0 Å². The monoisotopic (exact) mass is 431 g/mol. The molecule has 0 spiro atoms. The highest BCUT2D eigenvalue weighted by atomic mass is 16.2. The van der Waals surface area contributed by atoms with E-state index in [2.05, 4.69) is 54.1 Å². The first-order chi connectivity index (χ1) is 15.6. The zero-order chi connectivity index (χ0) is 22.2. The average molecular weight is 432 g/mol. The van der Waals surface area contributed by atoms with E-state index in [0.29, 0.717) is 23.9 Å². The van der Waals surface area contributed by atoms with E-state index in [1.165, 1.54) is 18.4 Å². The first-order valence-electron chi connectivity index (χ1n) is 12.2. The summed E-state index contributed by atoms with van der Waals surface area (Å²) < 4.78 is 0. The minimum absolute atomic E-state index is 0.143. The highest BCUT2D eigenvalue weighted by Gasteiger charge is 2.38. The Kier molecular flexibility index (Phi) is 5.67. The van der Waals surface area contributed by atoms with E-state index in [1.807, 2.05) is 4.90 Å². The van der Waals surface area contributed by atoms with E-state index in [0.717, 1.165) is 62.5 Å². The molecule has 0 unspecified atom stereocenters. The van der Waals surface area contributed by atoms with Crippen LogP contribution in [0.1, 0.15) is 68.7 Å². The van der Waals surface area contributed by atoms with E-state index in [1.54, 1.807) is 0 Å². The van der Waals surface area contributed by atoms with Crippen LogP contribution in [0.15, 0.2) is 24.4 Å². The maximum atomic E-state index is 12.6. The number of aromatic nitrogens is 1. The normalized spacial score (nSPS) is 24.0. The van der Waals surface area contributed by atoms with E-state index < -0.39 is 0 Å². The van der Waals surface area contributed by atoms with Crippen LogP contribution >= 0.6 is 0 Å². The summed E-state index contributed by atoms with van der Waals surface area (Å²) in [6.07, 6.45) is 12.0. The third kappa shape index (κ3) is 4.13. The summed E-state index contributed by atoms with van der Waals surface area (Å²) in [6, 6.07) is 4.67. The molecule has 4 aliphatic rings. The van der Waals surface area contributed by atoms with Gasteiger partial charge in [-0.05, 0) is 63.8 Å². The molecule has 1 aromatic rings. The molecule has 1 saturated heterocycles. The van der Waals surface area contributed by atoms with Crippen LogP contribution in [-0.4, -0.2) is 59.5 Å². The number of piperazine rings is 1. The van der Waals surface area contributed by atoms with Crippen LogP contribution < -0.4 is 4.90 Å². The number of anilines is 1. The third-order valence-corrected chi connectivity index (χ3v) is 7.14. The lowest BCUT2D eigenvalue weighted by Gasteiger charge is -2.41. The predicted molar refractivity (Wildman–Crippen MR) is 126 cm³/mol. The summed E-state index contributed by atoms with van der Waals surface area (Å²) >= 11 is 0. The molecule has 0 bridgehead atoms. The lowest BCUT2D eigenvalue weighted by molar-refractivity contribution is -0.134. The quantitative estimate of drug-likeness (QED) is 0.708. The van der Waals surface area contributed by atoms with E-state index in [4.69, 9.17) is 4.98 Å². The number of rotatable bonds is 5. The van der Waals surface area contributed by atoms with Crippen molar-refractivity contribution in [2.24, 2.45) is 5.92 Å². The summed E-state index contributed by atoms with van der Waals surface area (Å²) in [5.74, 6) is 1.88. The number of hydrogen-bond donors (Lipinski definition) is 0. The number of nitrogens with zero attached hydrogens (tertiary/aromatic N) is 5. The van der Waals surface area contributed by atoms with Gasteiger partial charge in [-0.1, -0.05) is 12.2 Å². The van der Waals surface area contributed by atoms with Crippen molar-refractivity contribution < 1.29 is 4.79 Å². The summed E-state index contributed by atoms with van der Waals surface area (Å²) in [7, 11) is 0. The molecule has 5 rings (SSSR count). The zero-order valence-corrected chi connectivity index (χ0v) is 19.3. The second kappa shape index (κ2) is 8.61. The molecule has 1 aromatic heterocycles. The first kappa shape index (κ1) is 21.1. The van der Waals surface area contributed by atoms with Crippen molar-refractivity contribution in [1.82, 2.24) is 14.8 Å². The highest BCUT2D eigenvalue weighted by molar-refractivity contribution is 5.81. The fourth-order valence-electron chi connectivity index (χ4n) is 5.11. The molecule has 6 heteroatoms. The van der Waals surface area contributed by atoms with E-state index in [9.17, 15) is 10.1 Å². The maximum absolute atomic E-state index is 12.6. The fraction of sp³-hybridized carbons (Fsp3) is 0.577. The van der Waals surface area contributed by atoms with Crippen LogP contribution in [0.25, 0.3) is 5.57 Å². The zero-order valence-electron chi connectivity index (χ0n) is 19.3. The largest absolute Gasteiger partial charge is 0.373 e. The van der Waals surface area contributed by atoms with Gasteiger partial charge in [0.15, 0.2) is 0 Å². The molecule has 3 heterocycles. The Bertz CT molecular complexity index is 998. The Hall–Kier alpha value is -2.81. The van der Waals surface area contributed by atoms with Crippen LogP contribution in [0.2, 0.25) is 0 Å². The summed E-state index contributed by atoms with van der Waals surface area (Å²) in [5.41, 5.74) is 4.27. The number of nitriles is 1. The van der Waals surface area contributed by atoms with Gasteiger partial charge in [0, 0.05) is 56.2 Å². The van der Waals surface area contributed by atoms with Gasteiger partial charge in [-0.25, -0.2) is 4.98 Å². The molecular weight excluding hydrogens is 398 g/mol. The highest BCUT2D eigenvalue weighted by Crippen LogP contribution is 2.44. The van der Waals surface area contributed by atoms with Crippen LogP contribution in [0, 0.1) is 17.2 Å². The van der Waals surface area contributed by atoms with Gasteiger partial charge >= 0.3 is 0 Å². The fourth-order valence-corrected chi connectivity index (χ4v) is 5.11. The Morgan fingerprint density at radius 3 is 2.69 bits per heavy atom. The van der Waals surface area contributed by atoms with Crippen molar-refractivity contribution in [3.05, 3.63) is 41.2 Å². The molecule has 168 valence electrons. The minimum atomic E-state index is 0.143. The van der Waals surface area contributed by atoms with Crippen molar-refractivity contribution in [3.63, 3.8) is 0 Å². The van der Waals surface area contributed by atoms with Crippen LogP contribution in [0.4, 0.5) is 5.82 Å². The maximum Gasteiger partial charge on any atom is 0.226 e. The molecule has 0 aromatic carbocycles. The molecule has 32 heavy (non-hydrogen) atoms. The average Bonchev–Trinajstić information content (AvgIpc) is 3.71. The third-order valence-electron chi connectivity index (χ3n) is 7.14. The Balaban J connectivity index is 1.43. The second-order valence-electron chi connectivity index (χ2n) is 9.75. The van der Waals surface area contributed by atoms with Crippen LogP contribution in [-0.2, 0) is 4.79 Å². The van der Waals surface area contributed by atoms with Gasteiger partial charge in [0.25, 0.3) is 0 Å². The van der Waals surface area contributed by atoms with Crippen molar-refractivity contribution in [3.8, 4) is 6.07 Å². The topological polar surface area (TPSA) is 63.5 Å². The number of hydrogen-bond acceptors (Lipinski definition) is 5. The van der Waals surface area contributed by atoms with Crippen molar-refractivity contribution in [2.75, 3.05) is 37.6 Å². The van der Waals surface area contributed by atoms with Gasteiger partial charge in [-0.2, -0.15) is 5.26 Å². The van der Waals surface area contributed by atoms with Gasteiger partial charge in [0.05, 0.1) is 11.3 Å². The summed E-state index contributed by atoms with van der Waals surface area (Å²) in [5, 5.41) is 10.0. The Morgan fingerprint density at radius 1 is 1.22 bits per heavy atom. The lowest BCUT2D eigenvalue weighted by Crippen LogP contribution is -2.55. The van der Waals surface area contributed by atoms with Gasteiger partial charge in [0.1, 0.15) is 11.9 Å². The van der Waals surface area contributed by atoms with E-state index >= 15 is 0 Å². The molecule has 2 aliphatic heterocycles. The van der Waals surface area contributed by atoms with E-state index in [-0.39, 0.29) is 12.0 Å². The molecule has 0 N–H and O–H groups in total. The van der Waals surface area contributed by atoms with Crippen molar-refractivity contribution in [2.45, 2.75) is 57.9 Å². The van der Waals surface area contributed by atoms with Gasteiger partial charge < -0.3 is 14.7 Å². The second-order valence-corrected chi connectivity index (χ2v) is 9.75. The molecule has 1 atom stereocenters. The molecule has 0 radical (unpaired) electrons. The Morgan fingerprint density at radius 2 is 2.03 bits per heavy atom. The number of carbonyl (C=O) groups excluding carboxylic acids is 1. The predicted octanol–water partition coefficient (Wildman–Crippen LogP) is 3.90. The summed E-state index contributed by atoms with van der Waals surface area (Å²) in [6.45, 7) is 8.27. The smallest absolute Gasteiger partial charge is 0.226 e. The number of amides is 1. The van der Waals surface area contributed by atoms with Crippen LogP contribution in [0.5, 0.6) is 0 Å². The SMILES string of the molecule is CC=CN1CCC=C(c2cc(C#N)c(N3CCN(C(=O)C4CC4)[C@H](C)C3)nc2C2CC2)C1. The number of carbonyl (C=O) groups is 1. The first-order valence-corrected chi connectivity index (χ1v) is 12.2. The number of pyridine rings is 1. The lowest BCUT2D eigenvalue weighted by atomic mass is 9.96. The Labute approximate surface area is 191 Å². The molecule has 1 amide bonds. The summed E-state index contributed by atoms with van der Waals surface area (Å²) in [4.78, 5) is 24.4. The molecule has 2 saturated carbocycles.